The summed E-state index contributed by atoms with van der Waals surface area (Å²) < 4.78 is 11.0. The number of nitrogens with one attached hydrogen (secondary N) is 2. The average Bonchev–Trinajstić information content (AvgIpc) is 2.49. The van der Waals surface area contributed by atoms with Crippen LogP contribution in [0.4, 0.5) is 5.82 Å². The fraction of sp³-hybridized carbons (Fsp3) is 0.286. The first-order valence-electron chi connectivity index (χ1n) is 6.49. The van der Waals surface area contributed by atoms with E-state index in [4.69, 9.17) is 9.47 Å². The van der Waals surface area contributed by atoms with Gasteiger partial charge in [-0.3, -0.25) is 4.79 Å². The number of ether oxygens (including phenoxy) is 2. The summed E-state index contributed by atoms with van der Waals surface area (Å²) >= 11 is 0. The molecule has 1 aliphatic rings. The minimum atomic E-state index is -0.213. The molecular weight excluding hydrogens is 258 g/mol. The van der Waals surface area contributed by atoms with E-state index in [0.717, 1.165) is 23.5 Å². The van der Waals surface area contributed by atoms with Gasteiger partial charge in [-0.1, -0.05) is 6.07 Å². The topological polar surface area (TPSA) is 76.2 Å². The Morgan fingerprint density at radius 3 is 2.95 bits per heavy atom. The molecule has 1 aromatic heterocycles. The smallest absolute Gasteiger partial charge is 0.290 e. The fourth-order valence-electron chi connectivity index (χ4n) is 2.05. The first-order chi connectivity index (χ1) is 9.83. The Bertz CT molecular complexity index is 654. The van der Waals surface area contributed by atoms with Gasteiger partial charge in [0.15, 0.2) is 17.3 Å². The van der Waals surface area contributed by atoms with Gasteiger partial charge in [-0.25, -0.2) is 4.98 Å². The molecule has 0 atom stereocenters. The van der Waals surface area contributed by atoms with Crippen LogP contribution in [0.5, 0.6) is 11.5 Å². The van der Waals surface area contributed by atoms with Crippen LogP contribution in [-0.4, -0.2) is 29.7 Å². The van der Waals surface area contributed by atoms with Gasteiger partial charge in [0.2, 0.25) is 0 Å². The maximum Gasteiger partial charge on any atom is 0.290 e. The lowest BCUT2D eigenvalue weighted by Gasteiger charge is -2.18. The van der Waals surface area contributed by atoms with E-state index in [1.165, 1.54) is 6.20 Å². The molecule has 104 valence electrons. The number of rotatable bonds is 4. The number of hydrogen-bond donors (Lipinski definition) is 2. The van der Waals surface area contributed by atoms with E-state index in [1.54, 1.807) is 6.20 Å². The number of benzene rings is 1. The molecule has 6 nitrogen and oxygen atoms in total. The van der Waals surface area contributed by atoms with Crippen molar-refractivity contribution >= 4 is 5.82 Å². The molecule has 6 heteroatoms. The highest BCUT2D eigenvalue weighted by molar-refractivity contribution is 5.44. The Kier molecular flexibility index (Phi) is 3.54. The minimum absolute atomic E-state index is 0.213. The molecule has 2 heterocycles. The van der Waals surface area contributed by atoms with Crippen molar-refractivity contribution in [3.8, 4) is 11.5 Å². The van der Waals surface area contributed by atoms with Crippen LogP contribution in [0, 0.1) is 0 Å². The summed E-state index contributed by atoms with van der Waals surface area (Å²) in [6, 6.07) is 5.88. The van der Waals surface area contributed by atoms with Crippen LogP contribution in [0.1, 0.15) is 5.56 Å². The maximum atomic E-state index is 11.4. The summed E-state index contributed by atoms with van der Waals surface area (Å²) in [5.41, 5.74) is 0.906. The third kappa shape index (κ3) is 2.74. The highest BCUT2D eigenvalue weighted by Gasteiger charge is 2.11. The second-order valence-corrected chi connectivity index (χ2v) is 4.42. The Morgan fingerprint density at radius 2 is 2.10 bits per heavy atom. The normalized spacial score (nSPS) is 13.0. The van der Waals surface area contributed by atoms with E-state index < -0.39 is 0 Å². The van der Waals surface area contributed by atoms with Crippen molar-refractivity contribution in [2.24, 2.45) is 0 Å². The predicted octanol–water partition coefficient (Wildman–Crippen LogP) is 1.20. The first-order valence-corrected chi connectivity index (χ1v) is 6.49. The third-order valence-corrected chi connectivity index (χ3v) is 3.02. The zero-order chi connectivity index (χ0) is 13.8. The predicted molar refractivity (Wildman–Crippen MR) is 74.5 cm³/mol. The van der Waals surface area contributed by atoms with E-state index in [9.17, 15) is 4.79 Å². The van der Waals surface area contributed by atoms with E-state index in [2.05, 4.69) is 15.3 Å². The number of aromatic amines is 1. The zero-order valence-electron chi connectivity index (χ0n) is 10.9. The molecule has 0 bridgehead atoms. The van der Waals surface area contributed by atoms with Gasteiger partial charge in [-0.2, -0.15) is 0 Å². The molecule has 0 aliphatic carbocycles. The monoisotopic (exact) mass is 273 g/mol. The summed E-state index contributed by atoms with van der Waals surface area (Å²) in [5, 5.41) is 3.01. The Balaban J connectivity index is 1.61. The molecule has 0 saturated carbocycles. The summed E-state index contributed by atoms with van der Waals surface area (Å²) in [6.07, 6.45) is 3.83. The molecule has 2 N–H and O–H groups in total. The van der Waals surface area contributed by atoms with Crippen molar-refractivity contribution in [2.45, 2.75) is 6.42 Å². The summed E-state index contributed by atoms with van der Waals surface area (Å²) in [5.74, 6) is 1.91. The maximum absolute atomic E-state index is 11.4. The van der Waals surface area contributed by atoms with E-state index in [1.807, 2.05) is 18.2 Å². The lowest BCUT2D eigenvalue weighted by Crippen LogP contribution is -2.17. The van der Waals surface area contributed by atoms with E-state index >= 15 is 0 Å². The number of H-pyrrole nitrogens is 1. The SMILES string of the molecule is O=c1[nH]ccnc1NCCc1ccc2c(c1)OCCO2. The van der Waals surface area contributed by atoms with Gasteiger partial charge in [-0.05, 0) is 24.1 Å². The Hall–Kier alpha value is -2.50. The molecule has 1 aliphatic heterocycles. The molecule has 2 aromatic rings. The lowest BCUT2D eigenvalue weighted by atomic mass is 10.1. The average molecular weight is 273 g/mol. The molecule has 0 radical (unpaired) electrons. The number of hydrogen-bond acceptors (Lipinski definition) is 5. The van der Waals surface area contributed by atoms with Gasteiger partial charge in [0.05, 0.1) is 0 Å². The van der Waals surface area contributed by atoms with Crippen LogP contribution in [-0.2, 0) is 6.42 Å². The highest BCUT2D eigenvalue weighted by atomic mass is 16.6. The van der Waals surface area contributed by atoms with Crippen molar-refractivity contribution in [3.05, 3.63) is 46.5 Å². The minimum Gasteiger partial charge on any atom is -0.486 e. The zero-order valence-corrected chi connectivity index (χ0v) is 10.9. The van der Waals surface area contributed by atoms with Gasteiger partial charge in [-0.15, -0.1) is 0 Å². The molecule has 1 aromatic carbocycles. The molecule has 3 rings (SSSR count). The second-order valence-electron chi connectivity index (χ2n) is 4.42. The summed E-state index contributed by atoms with van der Waals surface area (Å²) in [6.45, 7) is 1.80. The van der Waals surface area contributed by atoms with E-state index in [0.29, 0.717) is 25.6 Å². The van der Waals surface area contributed by atoms with Crippen LogP contribution in [0.2, 0.25) is 0 Å². The van der Waals surface area contributed by atoms with Gasteiger partial charge < -0.3 is 19.8 Å². The Morgan fingerprint density at radius 1 is 1.25 bits per heavy atom. The molecule has 0 spiro atoms. The molecule has 0 fully saturated rings. The van der Waals surface area contributed by atoms with Crippen molar-refractivity contribution in [2.75, 3.05) is 25.1 Å². The van der Waals surface area contributed by atoms with Crippen molar-refractivity contribution in [1.82, 2.24) is 9.97 Å². The summed E-state index contributed by atoms with van der Waals surface area (Å²) in [7, 11) is 0. The molecule has 20 heavy (non-hydrogen) atoms. The van der Waals surface area contributed by atoms with Crippen LogP contribution >= 0.6 is 0 Å². The van der Waals surface area contributed by atoms with Crippen molar-refractivity contribution < 1.29 is 9.47 Å². The summed E-state index contributed by atoms with van der Waals surface area (Å²) in [4.78, 5) is 18.0. The fourth-order valence-corrected chi connectivity index (χ4v) is 2.05. The van der Waals surface area contributed by atoms with Crippen molar-refractivity contribution in [1.29, 1.82) is 0 Å². The largest absolute Gasteiger partial charge is 0.486 e. The van der Waals surface area contributed by atoms with Gasteiger partial charge in [0.1, 0.15) is 13.2 Å². The molecular formula is C14H15N3O3. The second kappa shape index (κ2) is 5.64. The van der Waals surface area contributed by atoms with Crippen LogP contribution in [0.15, 0.2) is 35.4 Å². The molecule has 0 amide bonds. The molecule has 0 unspecified atom stereocenters. The van der Waals surface area contributed by atoms with Crippen LogP contribution in [0.3, 0.4) is 0 Å². The van der Waals surface area contributed by atoms with Crippen LogP contribution in [0.25, 0.3) is 0 Å². The van der Waals surface area contributed by atoms with Crippen molar-refractivity contribution in [3.63, 3.8) is 0 Å². The number of nitrogens with zero attached hydrogens (tertiary/aromatic N) is 1. The van der Waals surface area contributed by atoms with Gasteiger partial charge >= 0.3 is 0 Å². The van der Waals surface area contributed by atoms with Gasteiger partial charge in [0, 0.05) is 18.9 Å². The standard InChI is InChI=1S/C14H15N3O3/c18-14-13(16-5-6-17-14)15-4-3-10-1-2-11-12(9-10)20-8-7-19-11/h1-2,5-6,9H,3-4,7-8H2,(H,15,16)(H,17,18). The number of anilines is 1. The quantitative estimate of drug-likeness (QED) is 0.875. The number of aromatic nitrogens is 2. The van der Waals surface area contributed by atoms with E-state index in [-0.39, 0.29) is 5.56 Å². The highest BCUT2D eigenvalue weighted by Crippen LogP contribution is 2.30. The van der Waals surface area contributed by atoms with Crippen LogP contribution < -0.4 is 20.3 Å². The first kappa shape index (κ1) is 12.5. The Labute approximate surface area is 115 Å². The molecule has 0 saturated heterocycles. The lowest BCUT2D eigenvalue weighted by molar-refractivity contribution is 0.171. The third-order valence-electron chi connectivity index (χ3n) is 3.02. The van der Waals surface area contributed by atoms with Gasteiger partial charge in [0.25, 0.3) is 5.56 Å². The number of fused-ring (bicyclic) bond motifs is 1.